The summed E-state index contributed by atoms with van der Waals surface area (Å²) in [6.45, 7) is 2.21. The summed E-state index contributed by atoms with van der Waals surface area (Å²) in [4.78, 5) is 0. The van der Waals surface area contributed by atoms with Gasteiger partial charge in [0, 0.05) is 10.9 Å². The first-order chi connectivity index (χ1) is 9.78. The van der Waals surface area contributed by atoms with Crippen LogP contribution in [0.1, 0.15) is 18.4 Å². The van der Waals surface area contributed by atoms with Crippen molar-refractivity contribution in [3.05, 3.63) is 34.3 Å². The molecule has 1 aromatic rings. The minimum Gasteiger partial charge on any atom is -0.376 e. The maximum Gasteiger partial charge on any atom is 0.0885 e. The lowest BCUT2D eigenvalue weighted by Crippen LogP contribution is -2.35. The van der Waals surface area contributed by atoms with E-state index in [1.54, 1.807) is 0 Å². The van der Waals surface area contributed by atoms with Crippen LogP contribution < -0.4 is 0 Å². The van der Waals surface area contributed by atoms with Crippen LogP contribution >= 0.6 is 39.5 Å². The molecule has 2 heterocycles. The van der Waals surface area contributed by atoms with Crippen LogP contribution in [0.5, 0.6) is 0 Å². The molecule has 0 aliphatic carbocycles. The molecule has 0 aromatic heterocycles. The van der Waals surface area contributed by atoms with Gasteiger partial charge in [0.1, 0.15) is 0 Å². The standard InChI is InChI=1S/C15H19BrO2S2/c16-13-4-2-12(3-5-13)15(19-8-1-9-20-15)10-14-11-17-6-7-18-14/h2-5,14H,1,6-11H2. The third kappa shape index (κ3) is 3.55. The average molecular weight is 375 g/mol. The lowest BCUT2D eigenvalue weighted by atomic mass is 10.1. The Morgan fingerprint density at radius 2 is 1.90 bits per heavy atom. The summed E-state index contributed by atoms with van der Waals surface area (Å²) >= 11 is 7.68. The lowest BCUT2D eigenvalue weighted by Gasteiger charge is -2.39. The molecule has 0 bridgehead atoms. The molecule has 110 valence electrons. The highest BCUT2D eigenvalue weighted by Crippen LogP contribution is 2.53. The molecule has 1 aromatic carbocycles. The molecule has 3 rings (SSSR count). The van der Waals surface area contributed by atoms with Gasteiger partial charge >= 0.3 is 0 Å². The first kappa shape index (κ1) is 15.2. The second-order valence-electron chi connectivity index (χ2n) is 5.08. The van der Waals surface area contributed by atoms with Crippen molar-refractivity contribution in [3.63, 3.8) is 0 Å². The number of hydrogen-bond donors (Lipinski definition) is 0. The van der Waals surface area contributed by atoms with E-state index in [0.717, 1.165) is 30.7 Å². The highest BCUT2D eigenvalue weighted by molar-refractivity contribution is 9.10. The molecule has 20 heavy (non-hydrogen) atoms. The van der Waals surface area contributed by atoms with Crippen LogP contribution in [0.2, 0.25) is 0 Å². The predicted molar refractivity (Wildman–Crippen MR) is 90.5 cm³/mol. The Hall–Kier alpha value is 0.320. The van der Waals surface area contributed by atoms with Crippen LogP contribution in [0.4, 0.5) is 0 Å². The van der Waals surface area contributed by atoms with Gasteiger partial charge in [-0.1, -0.05) is 28.1 Å². The molecule has 1 atom stereocenters. The van der Waals surface area contributed by atoms with Crippen molar-refractivity contribution >= 4 is 39.5 Å². The van der Waals surface area contributed by atoms with E-state index in [0.29, 0.717) is 0 Å². The highest BCUT2D eigenvalue weighted by Gasteiger charge is 2.38. The number of hydrogen-bond acceptors (Lipinski definition) is 4. The molecule has 0 radical (unpaired) electrons. The Labute approximate surface area is 137 Å². The second kappa shape index (κ2) is 7.05. The average Bonchev–Trinajstić information content (AvgIpc) is 2.50. The van der Waals surface area contributed by atoms with Crippen LogP contribution in [0, 0.1) is 0 Å². The number of ether oxygens (including phenoxy) is 2. The Kier molecular flexibility index (Phi) is 5.37. The first-order valence-corrected chi connectivity index (χ1v) is 9.78. The smallest absolute Gasteiger partial charge is 0.0885 e. The summed E-state index contributed by atoms with van der Waals surface area (Å²) in [7, 11) is 0. The van der Waals surface area contributed by atoms with Crippen molar-refractivity contribution in [1.29, 1.82) is 0 Å². The van der Waals surface area contributed by atoms with Gasteiger partial charge in [0.2, 0.25) is 0 Å². The van der Waals surface area contributed by atoms with E-state index in [1.165, 1.54) is 23.5 Å². The van der Waals surface area contributed by atoms with Crippen molar-refractivity contribution in [2.24, 2.45) is 0 Å². The Morgan fingerprint density at radius 3 is 2.55 bits per heavy atom. The SMILES string of the molecule is Brc1ccc(C2(CC3COCCO3)SCCCS2)cc1. The summed E-state index contributed by atoms with van der Waals surface area (Å²) in [5.41, 5.74) is 1.41. The molecule has 0 N–H and O–H groups in total. The van der Waals surface area contributed by atoms with Gasteiger partial charge in [0.25, 0.3) is 0 Å². The molecule has 2 fully saturated rings. The van der Waals surface area contributed by atoms with Crippen LogP contribution in [-0.2, 0) is 13.6 Å². The van der Waals surface area contributed by atoms with Crippen molar-refractivity contribution in [1.82, 2.24) is 0 Å². The van der Waals surface area contributed by atoms with Crippen LogP contribution in [0.3, 0.4) is 0 Å². The minimum absolute atomic E-state index is 0.129. The molecule has 2 saturated heterocycles. The quantitative estimate of drug-likeness (QED) is 0.785. The van der Waals surface area contributed by atoms with Crippen molar-refractivity contribution in [2.45, 2.75) is 23.0 Å². The minimum atomic E-state index is 0.129. The molecular weight excluding hydrogens is 356 g/mol. The fraction of sp³-hybridized carbons (Fsp3) is 0.600. The Morgan fingerprint density at radius 1 is 1.15 bits per heavy atom. The molecule has 1 unspecified atom stereocenters. The zero-order valence-electron chi connectivity index (χ0n) is 11.3. The monoisotopic (exact) mass is 374 g/mol. The largest absolute Gasteiger partial charge is 0.376 e. The van der Waals surface area contributed by atoms with Crippen LogP contribution in [0.25, 0.3) is 0 Å². The topological polar surface area (TPSA) is 18.5 Å². The Bertz CT molecular complexity index is 426. The maximum absolute atomic E-state index is 5.89. The lowest BCUT2D eigenvalue weighted by molar-refractivity contribution is -0.0915. The van der Waals surface area contributed by atoms with Gasteiger partial charge in [0.15, 0.2) is 0 Å². The van der Waals surface area contributed by atoms with Gasteiger partial charge in [-0.2, -0.15) is 0 Å². The number of rotatable bonds is 3. The Balaban J connectivity index is 1.81. The van der Waals surface area contributed by atoms with Gasteiger partial charge in [-0.25, -0.2) is 0 Å². The van der Waals surface area contributed by atoms with E-state index in [9.17, 15) is 0 Å². The number of thioether (sulfide) groups is 2. The van der Waals surface area contributed by atoms with Crippen molar-refractivity contribution < 1.29 is 9.47 Å². The van der Waals surface area contributed by atoms with Gasteiger partial charge in [0.05, 0.1) is 30.0 Å². The van der Waals surface area contributed by atoms with E-state index in [-0.39, 0.29) is 10.2 Å². The van der Waals surface area contributed by atoms with Gasteiger partial charge < -0.3 is 9.47 Å². The fourth-order valence-electron chi connectivity index (χ4n) is 2.64. The normalized spacial score (nSPS) is 26.4. The third-order valence-corrected chi connectivity index (χ3v) is 7.58. The summed E-state index contributed by atoms with van der Waals surface area (Å²) in [5.74, 6) is 2.47. The van der Waals surface area contributed by atoms with E-state index in [1.807, 2.05) is 0 Å². The first-order valence-electron chi connectivity index (χ1n) is 7.02. The molecule has 0 amide bonds. The van der Waals surface area contributed by atoms with Gasteiger partial charge in [-0.05, 0) is 35.6 Å². The van der Waals surface area contributed by atoms with E-state index >= 15 is 0 Å². The molecular formula is C15H19BrO2S2. The summed E-state index contributed by atoms with van der Waals surface area (Å²) in [6, 6.07) is 8.79. The predicted octanol–water partition coefficient (Wildman–Crippen LogP) is 4.28. The molecule has 5 heteroatoms. The van der Waals surface area contributed by atoms with Crippen LogP contribution in [0.15, 0.2) is 28.7 Å². The zero-order chi connectivity index (χ0) is 13.8. The van der Waals surface area contributed by atoms with Crippen molar-refractivity contribution in [2.75, 3.05) is 31.3 Å². The third-order valence-electron chi connectivity index (χ3n) is 3.62. The zero-order valence-corrected chi connectivity index (χ0v) is 14.6. The molecule has 2 aliphatic heterocycles. The van der Waals surface area contributed by atoms with Gasteiger partial charge in [-0.3, -0.25) is 0 Å². The van der Waals surface area contributed by atoms with Crippen LogP contribution in [-0.4, -0.2) is 37.4 Å². The van der Waals surface area contributed by atoms with E-state index in [4.69, 9.17) is 9.47 Å². The maximum atomic E-state index is 5.89. The van der Waals surface area contributed by atoms with E-state index in [2.05, 4.69) is 63.7 Å². The number of benzene rings is 1. The molecule has 2 nitrogen and oxygen atoms in total. The second-order valence-corrected chi connectivity index (χ2v) is 9.04. The highest BCUT2D eigenvalue weighted by atomic mass is 79.9. The van der Waals surface area contributed by atoms with E-state index < -0.39 is 0 Å². The number of halogens is 1. The summed E-state index contributed by atoms with van der Waals surface area (Å²) < 4.78 is 12.7. The fourth-order valence-corrected chi connectivity index (χ4v) is 6.37. The summed E-state index contributed by atoms with van der Waals surface area (Å²) in [5, 5.41) is 0. The van der Waals surface area contributed by atoms with Gasteiger partial charge in [-0.15, -0.1) is 23.5 Å². The molecule has 0 saturated carbocycles. The molecule has 0 spiro atoms. The van der Waals surface area contributed by atoms with Crippen molar-refractivity contribution in [3.8, 4) is 0 Å². The summed E-state index contributed by atoms with van der Waals surface area (Å²) in [6.07, 6.45) is 2.56. The molecule has 2 aliphatic rings.